The van der Waals surface area contributed by atoms with E-state index in [-0.39, 0.29) is 11.3 Å². The van der Waals surface area contributed by atoms with E-state index in [9.17, 15) is 9.59 Å². The van der Waals surface area contributed by atoms with Crippen LogP contribution in [0, 0.1) is 0 Å². The van der Waals surface area contributed by atoms with E-state index >= 15 is 0 Å². The number of fused-ring (bicyclic) bond motifs is 1. The average molecular weight is 380 g/mol. The minimum absolute atomic E-state index is 0.0351. The number of H-pyrrole nitrogens is 1. The second-order valence-corrected chi connectivity index (χ2v) is 6.38. The Kier molecular flexibility index (Phi) is 5.06. The fourth-order valence-corrected chi connectivity index (χ4v) is 2.68. The number of hydrogen-bond donors (Lipinski definition) is 2. The minimum Gasteiger partial charge on any atom is -0.352 e. The number of carbonyl (C=O) groups excluding carboxylic acids is 1. The van der Waals surface area contributed by atoms with Crippen LogP contribution in [0.5, 0.6) is 0 Å². The lowest BCUT2D eigenvalue weighted by Gasteiger charge is -2.07. The van der Waals surface area contributed by atoms with Crippen LogP contribution < -0.4 is 10.9 Å². The largest absolute Gasteiger partial charge is 0.352 e. The Morgan fingerprint density at radius 2 is 2.12 bits per heavy atom. The Morgan fingerprint density at radius 1 is 1.32 bits per heavy atom. The van der Waals surface area contributed by atoms with Gasteiger partial charge in [-0.25, -0.2) is 4.98 Å². The molecule has 2 N–H and O–H groups in total. The van der Waals surface area contributed by atoms with Gasteiger partial charge in [0.05, 0.1) is 16.2 Å². The molecule has 0 fully saturated rings. The molecule has 0 radical (unpaired) electrons. The quantitative estimate of drug-likeness (QED) is 0.686. The summed E-state index contributed by atoms with van der Waals surface area (Å²) in [7, 11) is 0. The summed E-state index contributed by atoms with van der Waals surface area (Å²) in [6, 6.07) is 5.28. The van der Waals surface area contributed by atoms with E-state index in [1.54, 1.807) is 12.1 Å². The third-order valence-electron chi connectivity index (χ3n) is 3.62. The normalized spacial score (nSPS) is 11.0. The van der Waals surface area contributed by atoms with Gasteiger partial charge >= 0.3 is 0 Å². The molecule has 0 unspecified atom stereocenters. The van der Waals surface area contributed by atoms with E-state index in [0.717, 1.165) is 5.56 Å². The third-order valence-corrected chi connectivity index (χ3v) is 4.36. The molecule has 1 aromatic carbocycles. The number of nitrogens with zero attached hydrogens (tertiary/aromatic N) is 3. The topological polar surface area (TPSA) is 92.7 Å². The predicted octanol–water partition coefficient (Wildman–Crippen LogP) is 3.02. The molecule has 0 bridgehead atoms. The number of halogens is 2. The number of rotatable bonds is 6. The summed E-state index contributed by atoms with van der Waals surface area (Å²) in [5.41, 5.74) is 1.39. The molecule has 0 aliphatic carbocycles. The molecule has 9 heteroatoms. The van der Waals surface area contributed by atoms with Gasteiger partial charge in [-0.15, -0.1) is 0 Å². The SMILES string of the molecule is CC(=O)CCn1ncc2nc(NCc3ccc(Cl)c(Cl)c3)[nH]c(=O)c21. The molecule has 0 saturated carbocycles. The van der Waals surface area contributed by atoms with E-state index in [1.165, 1.54) is 17.8 Å². The van der Waals surface area contributed by atoms with Gasteiger partial charge in [-0.2, -0.15) is 5.10 Å². The van der Waals surface area contributed by atoms with Crippen LogP contribution in [-0.4, -0.2) is 25.5 Å². The zero-order valence-corrected chi connectivity index (χ0v) is 14.9. The number of benzene rings is 1. The number of aromatic nitrogens is 4. The summed E-state index contributed by atoms with van der Waals surface area (Å²) in [5, 5.41) is 8.12. The number of hydrogen-bond acceptors (Lipinski definition) is 5. The molecule has 0 aliphatic heterocycles. The molecule has 2 aromatic heterocycles. The van der Waals surface area contributed by atoms with Crippen LogP contribution in [0.15, 0.2) is 29.2 Å². The molecule has 0 amide bonds. The highest BCUT2D eigenvalue weighted by Crippen LogP contribution is 2.22. The zero-order valence-electron chi connectivity index (χ0n) is 13.3. The maximum absolute atomic E-state index is 12.3. The summed E-state index contributed by atoms with van der Waals surface area (Å²) in [5.74, 6) is 0.364. The van der Waals surface area contributed by atoms with Gasteiger partial charge in [-0.3, -0.25) is 19.3 Å². The Morgan fingerprint density at radius 3 is 2.84 bits per heavy atom. The number of aromatic amines is 1. The lowest BCUT2D eigenvalue weighted by atomic mass is 10.2. The van der Waals surface area contributed by atoms with Crippen molar-refractivity contribution in [3.63, 3.8) is 0 Å². The minimum atomic E-state index is -0.317. The van der Waals surface area contributed by atoms with Crippen molar-refractivity contribution in [3.05, 3.63) is 50.4 Å². The molecular formula is C16H15Cl2N5O2. The van der Waals surface area contributed by atoms with Crippen molar-refractivity contribution in [3.8, 4) is 0 Å². The standard InChI is InChI=1S/C16H15Cl2N5O2/c1-9(24)4-5-23-14-13(8-20-23)21-16(22-15(14)25)19-7-10-2-3-11(17)12(18)6-10/h2-3,6,8H,4-5,7H2,1H3,(H2,19,21,22,25). The van der Waals surface area contributed by atoms with Gasteiger partial charge < -0.3 is 5.32 Å². The Balaban J connectivity index is 1.80. The Hall–Kier alpha value is -2.38. The third kappa shape index (κ3) is 4.00. The Bertz CT molecular complexity index is 996. The van der Waals surface area contributed by atoms with Crippen molar-refractivity contribution < 1.29 is 4.79 Å². The molecular weight excluding hydrogens is 365 g/mol. The first-order valence-electron chi connectivity index (χ1n) is 7.57. The van der Waals surface area contributed by atoms with E-state index < -0.39 is 0 Å². The van der Waals surface area contributed by atoms with Crippen LogP contribution in [0.25, 0.3) is 11.0 Å². The second-order valence-electron chi connectivity index (χ2n) is 5.57. The predicted molar refractivity (Wildman–Crippen MR) is 97.2 cm³/mol. The lowest BCUT2D eigenvalue weighted by molar-refractivity contribution is -0.117. The van der Waals surface area contributed by atoms with E-state index in [4.69, 9.17) is 23.2 Å². The van der Waals surface area contributed by atoms with Crippen molar-refractivity contribution in [2.45, 2.75) is 26.4 Å². The van der Waals surface area contributed by atoms with Gasteiger partial charge in [-0.05, 0) is 24.6 Å². The zero-order chi connectivity index (χ0) is 18.0. The van der Waals surface area contributed by atoms with Crippen molar-refractivity contribution in [2.24, 2.45) is 0 Å². The summed E-state index contributed by atoms with van der Waals surface area (Å²) < 4.78 is 1.49. The van der Waals surface area contributed by atoms with Crippen molar-refractivity contribution in [1.82, 2.24) is 19.7 Å². The maximum Gasteiger partial charge on any atom is 0.278 e. The van der Waals surface area contributed by atoms with Crippen LogP contribution in [0.3, 0.4) is 0 Å². The van der Waals surface area contributed by atoms with Crippen molar-refractivity contribution in [2.75, 3.05) is 5.32 Å². The molecule has 130 valence electrons. The average Bonchev–Trinajstić information content (AvgIpc) is 2.97. The van der Waals surface area contributed by atoms with E-state index in [0.29, 0.717) is 46.5 Å². The van der Waals surface area contributed by atoms with Crippen molar-refractivity contribution >= 4 is 46.0 Å². The van der Waals surface area contributed by atoms with Gasteiger partial charge in [0.15, 0.2) is 5.52 Å². The number of carbonyl (C=O) groups is 1. The highest BCUT2D eigenvalue weighted by molar-refractivity contribution is 6.42. The number of ketones is 1. The van der Waals surface area contributed by atoms with Gasteiger partial charge in [0.25, 0.3) is 5.56 Å². The molecule has 7 nitrogen and oxygen atoms in total. The van der Waals surface area contributed by atoms with Crippen LogP contribution in [0.4, 0.5) is 5.95 Å². The number of aryl methyl sites for hydroxylation is 1. The molecule has 0 spiro atoms. The van der Waals surface area contributed by atoms with Crippen molar-refractivity contribution in [1.29, 1.82) is 0 Å². The van der Waals surface area contributed by atoms with E-state index in [2.05, 4.69) is 20.4 Å². The van der Waals surface area contributed by atoms with Crippen LogP contribution >= 0.6 is 23.2 Å². The van der Waals surface area contributed by atoms with Gasteiger partial charge in [0.2, 0.25) is 5.95 Å². The number of Topliss-reactive ketones (excluding diaryl/α,β-unsaturated/α-hetero) is 1. The molecule has 0 atom stereocenters. The van der Waals surface area contributed by atoms with Gasteiger partial charge in [-0.1, -0.05) is 29.3 Å². The fourth-order valence-electron chi connectivity index (χ4n) is 2.36. The van der Waals surface area contributed by atoms with Crippen LogP contribution in [0.2, 0.25) is 10.0 Å². The monoisotopic (exact) mass is 379 g/mol. The second kappa shape index (κ2) is 7.25. The maximum atomic E-state index is 12.3. The Labute approximate surface area is 153 Å². The fraction of sp³-hybridized carbons (Fsp3) is 0.250. The van der Waals surface area contributed by atoms with Gasteiger partial charge in [0.1, 0.15) is 11.3 Å². The first-order chi connectivity index (χ1) is 11.9. The van der Waals surface area contributed by atoms with Crippen LogP contribution in [0.1, 0.15) is 18.9 Å². The molecule has 3 rings (SSSR count). The molecule has 0 saturated heterocycles. The highest BCUT2D eigenvalue weighted by atomic mass is 35.5. The highest BCUT2D eigenvalue weighted by Gasteiger charge is 2.11. The smallest absolute Gasteiger partial charge is 0.278 e. The summed E-state index contributed by atoms with van der Waals surface area (Å²) in [4.78, 5) is 30.4. The van der Waals surface area contributed by atoms with Crippen LogP contribution in [-0.2, 0) is 17.9 Å². The lowest BCUT2D eigenvalue weighted by Crippen LogP contribution is -2.16. The first-order valence-corrected chi connectivity index (χ1v) is 8.32. The number of nitrogens with one attached hydrogen (secondary N) is 2. The summed E-state index contributed by atoms with van der Waals surface area (Å²) >= 11 is 11.9. The summed E-state index contributed by atoms with van der Waals surface area (Å²) in [6.07, 6.45) is 1.82. The molecule has 2 heterocycles. The first kappa shape index (κ1) is 17.4. The summed E-state index contributed by atoms with van der Waals surface area (Å²) in [6.45, 7) is 2.27. The molecule has 0 aliphatic rings. The molecule has 3 aromatic rings. The van der Waals surface area contributed by atoms with Gasteiger partial charge in [0, 0.05) is 19.5 Å². The van der Waals surface area contributed by atoms with E-state index in [1.807, 2.05) is 6.07 Å². The number of anilines is 1. The molecule has 25 heavy (non-hydrogen) atoms.